The van der Waals surface area contributed by atoms with E-state index in [2.05, 4.69) is 4.90 Å². The van der Waals surface area contributed by atoms with Crippen molar-refractivity contribution in [3.8, 4) is 0 Å². The van der Waals surface area contributed by atoms with Crippen molar-refractivity contribution in [3.63, 3.8) is 0 Å². The average Bonchev–Trinajstić information content (AvgIpc) is 2.95. The van der Waals surface area contributed by atoms with Crippen LogP contribution in [0, 0.1) is 0 Å². The molecule has 1 aromatic rings. The maximum Gasteiger partial charge on any atom is 0.328 e. The van der Waals surface area contributed by atoms with Crippen molar-refractivity contribution in [1.29, 1.82) is 0 Å². The lowest BCUT2D eigenvalue weighted by atomic mass is 10.1. The van der Waals surface area contributed by atoms with Gasteiger partial charge >= 0.3 is 5.97 Å². The summed E-state index contributed by atoms with van der Waals surface area (Å²) in [5.41, 5.74) is 1.92. The Morgan fingerprint density at radius 3 is 2.80 bits per heavy atom. The van der Waals surface area contributed by atoms with Crippen LogP contribution in [0.2, 0.25) is 0 Å². The van der Waals surface area contributed by atoms with Crippen LogP contribution in [0.1, 0.15) is 24.0 Å². The van der Waals surface area contributed by atoms with Gasteiger partial charge in [0.15, 0.2) is 0 Å². The predicted molar refractivity (Wildman–Crippen MR) is 78.4 cm³/mol. The molecule has 0 aromatic heterocycles. The number of carboxylic acid groups (broad SMARTS) is 1. The van der Waals surface area contributed by atoms with Crippen molar-refractivity contribution in [2.45, 2.75) is 19.4 Å². The van der Waals surface area contributed by atoms with Gasteiger partial charge in [-0.2, -0.15) is 0 Å². The van der Waals surface area contributed by atoms with Gasteiger partial charge in [-0.1, -0.05) is 24.3 Å². The van der Waals surface area contributed by atoms with E-state index < -0.39 is 5.97 Å². The summed E-state index contributed by atoms with van der Waals surface area (Å²) >= 11 is 0. The Labute approximate surface area is 119 Å². The highest BCUT2D eigenvalue weighted by Gasteiger charge is 2.10. The van der Waals surface area contributed by atoms with E-state index in [0.717, 1.165) is 30.4 Å². The molecule has 0 unspecified atom stereocenters. The molecule has 0 aliphatic carbocycles. The summed E-state index contributed by atoms with van der Waals surface area (Å²) in [5, 5.41) is 8.68. The molecule has 0 amide bonds. The number of aliphatic carboxylic acids is 1. The highest BCUT2D eigenvalue weighted by Crippen LogP contribution is 2.12. The first kappa shape index (κ1) is 14.8. The number of hydrogen-bond acceptors (Lipinski definition) is 3. The number of rotatable bonds is 7. The second-order valence-electron chi connectivity index (χ2n) is 4.97. The average molecular weight is 275 g/mol. The fraction of sp³-hybridized carbons (Fsp3) is 0.438. The second-order valence-corrected chi connectivity index (χ2v) is 4.97. The van der Waals surface area contributed by atoms with Gasteiger partial charge in [0.2, 0.25) is 0 Å². The molecular formula is C16H21NO3. The van der Waals surface area contributed by atoms with E-state index in [1.807, 2.05) is 24.3 Å². The Morgan fingerprint density at radius 1 is 1.30 bits per heavy atom. The highest BCUT2D eigenvalue weighted by molar-refractivity contribution is 5.85. The van der Waals surface area contributed by atoms with Crippen molar-refractivity contribution >= 4 is 12.0 Å². The van der Waals surface area contributed by atoms with Crippen molar-refractivity contribution in [2.75, 3.05) is 26.2 Å². The molecule has 1 aromatic carbocycles. The summed E-state index contributed by atoms with van der Waals surface area (Å²) in [6.45, 7) is 4.58. The van der Waals surface area contributed by atoms with Crippen LogP contribution in [0.5, 0.6) is 0 Å². The molecule has 108 valence electrons. The van der Waals surface area contributed by atoms with Crippen LogP contribution in [0.3, 0.4) is 0 Å². The van der Waals surface area contributed by atoms with Crippen molar-refractivity contribution in [1.82, 2.24) is 4.90 Å². The molecule has 1 fully saturated rings. The minimum absolute atomic E-state index is 0.522. The van der Waals surface area contributed by atoms with E-state index in [1.54, 1.807) is 6.08 Å². The van der Waals surface area contributed by atoms with Crippen LogP contribution in [0.15, 0.2) is 30.3 Å². The molecule has 0 saturated carbocycles. The lowest BCUT2D eigenvalue weighted by molar-refractivity contribution is -0.131. The lowest BCUT2D eigenvalue weighted by Crippen LogP contribution is -2.23. The molecule has 0 bridgehead atoms. The topological polar surface area (TPSA) is 49.8 Å². The van der Waals surface area contributed by atoms with Gasteiger partial charge in [-0.25, -0.2) is 4.79 Å². The molecule has 1 heterocycles. The van der Waals surface area contributed by atoms with Crippen molar-refractivity contribution in [2.24, 2.45) is 0 Å². The first-order valence-corrected chi connectivity index (χ1v) is 7.05. The zero-order valence-corrected chi connectivity index (χ0v) is 11.6. The summed E-state index contributed by atoms with van der Waals surface area (Å²) in [4.78, 5) is 13.0. The van der Waals surface area contributed by atoms with Crippen LogP contribution in [-0.4, -0.2) is 42.2 Å². The van der Waals surface area contributed by atoms with E-state index >= 15 is 0 Å². The molecule has 4 nitrogen and oxygen atoms in total. The second kappa shape index (κ2) is 7.82. The van der Waals surface area contributed by atoms with Crippen LogP contribution >= 0.6 is 0 Å². The highest BCUT2D eigenvalue weighted by atomic mass is 16.5. The van der Waals surface area contributed by atoms with Crippen LogP contribution in [0.4, 0.5) is 0 Å². The third kappa shape index (κ3) is 4.79. The number of carboxylic acids is 1. The predicted octanol–water partition coefficient (Wildman–Crippen LogP) is 2.40. The van der Waals surface area contributed by atoms with Gasteiger partial charge in [-0.3, -0.25) is 0 Å². The summed E-state index contributed by atoms with van der Waals surface area (Å²) in [7, 11) is 0. The lowest BCUT2D eigenvalue weighted by Gasteiger charge is -2.14. The Balaban J connectivity index is 1.80. The molecular weight excluding hydrogens is 254 g/mol. The number of hydrogen-bond donors (Lipinski definition) is 1. The van der Waals surface area contributed by atoms with Gasteiger partial charge in [-0.05, 0) is 43.1 Å². The molecule has 2 rings (SSSR count). The molecule has 1 aliphatic rings. The monoisotopic (exact) mass is 275 g/mol. The van der Waals surface area contributed by atoms with Crippen LogP contribution < -0.4 is 0 Å². The molecule has 20 heavy (non-hydrogen) atoms. The van der Waals surface area contributed by atoms with Crippen molar-refractivity contribution in [3.05, 3.63) is 41.5 Å². The molecule has 0 spiro atoms. The number of nitrogens with zero attached hydrogens (tertiary/aromatic N) is 1. The fourth-order valence-electron chi connectivity index (χ4n) is 2.37. The van der Waals surface area contributed by atoms with E-state index in [4.69, 9.17) is 9.84 Å². The van der Waals surface area contributed by atoms with E-state index in [9.17, 15) is 4.79 Å². The standard InChI is InChI=1S/C16H21NO3/c18-16(19)8-7-14-5-1-2-6-15(14)13-20-12-11-17-9-3-4-10-17/h1-2,5-8H,3-4,9-13H2,(H,18,19)/b8-7+. The maximum absolute atomic E-state index is 10.6. The first-order chi connectivity index (χ1) is 9.75. The fourth-order valence-corrected chi connectivity index (χ4v) is 2.37. The minimum atomic E-state index is -0.935. The van der Waals surface area contributed by atoms with Crippen LogP contribution in [-0.2, 0) is 16.1 Å². The molecule has 4 heteroatoms. The normalized spacial score (nSPS) is 16.0. The molecule has 1 saturated heterocycles. The Bertz CT molecular complexity index is 465. The first-order valence-electron chi connectivity index (χ1n) is 7.05. The number of benzene rings is 1. The van der Waals surface area contributed by atoms with E-state index in [1.165, 1.54) is 25.9 Å². The summed E-state index contributed by atoms with van der Waals surface area (Å²) in [6.07, 6.45) is 5.36. The zero-order chi connectivity index (χ0) is 14.2. The smallest absolute Gasteiger partial charge is 0.328 e. The van der Waals surface area contributed by atoms with E-state index in [0.29, 0.717) is 6.61 Å². The minimum Gasteiger partial charge on any atom is -0.478 e. The van der Waals surface area contributed by atoms with Crippen molar-refractivity contribution < 1.29 is 14.6 Å². The van der Waals surface area contributed by atoms with Gasteiger partial charge in [-0.15, -0.1) is 0 Å². The number of ether oxygens (including phenoxy) is 1. The van der Waals surface area contributed by atoms with Gasteiger partial charge in [0.25, 0.3) is 0 Å². The third-order valence-corrected chi connectivity index (χ3v) is 3.47. The Morgan fingerprint density at radius 2 is 2.05 bits per heavy atom. The van der Waals surface area contributed by atoms with Gasteiger partial charge in [0.1, 0.15) is 0 Å². The third-order valence-electron chi connectivity index (χ3n) is 3.47. The maximum atomic E-state index is 10.6. The summed E-state index contributed by atoms with van der Waals surface area (Å²) < 4.78 is 5.71. The zero-order valence-electron chi connectivity index (χ0n) is 11.6. The van der Waals surface area contributed by atoms with E-state index in [-0.39, 0.29) is 0 Å². The van der Waals surface area contributed by atoms with Crippen LogP contribution in [0.25, 0.3) is 6.08 Å². The van der Waals surface area contributed by atoms with Gasteiger partial charge < -0.3 is 14.7 Å². The van der Waals surface area contributed by atoms with Gasteiger partial charge in [0, 0.05) is 12.6 Å². The SMILES string of the molecule is O=C(O)/C=C/c1ccccc1COCCN1CCCC1. The van der Waals surface area contributed by atoms with Gasteiger partial charge in [0.05, 0.1) is 13.2 Å². The molecule has 1 aliphatic heterocycles. The largest absolute Gasteiger partial charge is 0.478 e. The number of carbonyl (C=O) groups is 1. The summed E-state index contributed by atoms with van der Waals surface area (Å²) in [5.74, 6) is -0.935. The Kier molecular flexibility index (Phi) is 5.77. The molecule has 0 radical (unpaired) electrons. The quantitative estimate of drug-likeness (QED) is 0.613. The molecule has 1 N–H and O–H groups in total. The Hall–Kier alpha value is -1.65. The summed E-state index contributed by atoms with van der Waals surface area (Å²) in [6, 6.07) is 7.71. The number of likely N-dealkylation sites (tertiary alicyclic amines) is 1. The molecule has 0 atom stereocenters.